The molecule has 2 nitrogen and oxygen atoms in total. The van der Waals surface area contributed by atoms with E-state index in [1.807, 2.05) is 13.0 Å². The Kier molecular flexibility index (Phi) is 4.66. The fourth-order valence-corrected chi connectivity index (χ4v) is 3.33. The van der Waals surface area contributed by atoms with E-state index in [2.05, 4.69) is 13.0 Å². The third-order valence-corrected chi connectivity index (χ3v) is 4.08. The lowest BCUT2D eigenvalue weighted by Gasteiger charge is -2.04. The van der Waals surface area contributed by atoms with Gasteiger partial charge in [0, 0.05) is 5.03 Å². The van der Waals surface area contributed by atoms with Crippen LogP contribution in [0.1, 0.15) is 33.1 Å². The summed E-state index contributed by atoms with van der Waals surface area (Å²) in [7, 11) is 0. The summed E-state index contributed by atoms with van der Waals surface area (Å²) in [6.45, 7) is 5.24. The minimum absolute atomic E-state index is 0.497. The molecule has 96 valence electrons. The van der Waals surface area contributed by atoms with E-state index in [9.17, 15) is 0 Å². The van der Waals surface area contributed by atoms with E-state index in [4.69, 9.17) is 21.4 Å². The van der Waals surface area contributed by atoms with Gasteiger partial charge in [-0.2, -0.15) is 0 Å². The highest BCUT2D eigenvalue weighted by Gasteiger charge is 2.54. The highest BCUT2D eigenvalue weighted by molar-refractivity contribution is 6.30. The molecule has 3 heteroatoms. The molecule has 2 aliphatic rings. The second-order valence-corrected chi connectivity index (χ2v) is 5.26. The molecular formula is C14H21ClO2. The quantitative estimate of drug-likeness (QED) is 0.388. The summed E-state index contributed by atoms with van der Waals surface area (Å²) in [6, 6.07) is 0. The number of hydrogen-bond donors (Lipinski definition) is 0. The van der Waals surface area contributed by atoms with Gasteiger partial charge in [-0.3, -0.25) is 0 Å². The van der Waals surface area contributed by atoms with Crippen molar-refractivity contribution in [3.8, 4) is 0 Å². The molecule has 0 saturated heterocycles. The number of hydrogen-bond acceptors (Lipinski definition) is 2. The van der Waals surface area contributed by atoms with Gasteiger partial charge in [0.15, 0.2) is 0 Å². The Morgan fingerprint density at radius 3 is 2.88 bits per heavy atom. The number of allylic oxidation sites excluding steroid dienone is 3. The summed E-state index contributed by atoms with van der Waals surface area (Å²) >= 11 is 6.27. The molecule has 0 radical (unpaired) electrons. The summed E-state index contributed by atoms with van der Waals surface area (Å²) in [5, 5.41) is 1.06. The van der Waals surface area contributed by atoms with Crippen molar-refractivity contribution in [3.05, 3.63) is 22.8 Å². The third-order valence-electron chi connectivity index (χ3n) is 3.70. The van der Waals surface area contributed by atoms with Gasteiger partial charge in [-0.05, 0) is 43.1 Å². The van der Waals surface area contributed by atoms with Gasteiger partial charge < -0.3 is 0 Å². The van der Waals surface area contributed by atoms with Gasteiger partial charge in [-0.15, -0.1) is 0 Å². The normalized spacial score (nSPS) is 31.4. The molecule has 2 aliphatic carbocycles. The van der Waals surface area contributed by atoms with Crippen LogP contribution in [-0.4, -0.2) is 13.2 Å². The molecule has 0 heterocycles. The van der Waals surface area contributed by atoms with Crippen molar-refractivity contribution in [3.63, 3.8) is 0 Å². The maximum Gasteiger partial charge on any atom is 0.101 e. The smallest absolute Gasteiger partial charge is 0.101 e. The molecule has 0 aromatic heterocycles. The Labute approximate surface area is 109 Å². The van der Waals surface area contributed by atoms with E-state index >= 15 is 0 Å². The molecule has 0 aromatic carbocycles. The molecule has 1 fully saturated rings. The predicted molar refractivity (Wildman–Crippen MR) is 69.6 cm³/mol. The zero-order valence-corrected chi connectivity index (χ0v) is 11.4. The molecule has 0 bridgehead atoms. The predicted octanol–water partition coefficient (Wildman–Crippen LogP) is 4.07. The largest absolute Gasteiger partial charge is 0.237 e. The summed E-state index contributed by atoms with van der Waals surface area (Å²) in [5.74, 6) is 2.44. The molecule has 0 aromatic rings. The van der Waals surface area contributed by atoms with Crippen LogP contribution in [0.4, 0.5) is 0 Å². The molecule has 1 saturated carbocycles. The Morgan fingerprint density at radius 2 is 2.18 bits per heavy atom. The van der Waals surface area contributed by atoms with Gasteiger partial charge in [-0.1, -0.05) is 37.1 Å². The van der Waals surface area contributed by atoms with Gasteiger partial charge in [0.2, 0.25) is 0 Å². The van der Waals surface area contributed by atoms with Gasteiger partial charge in [0.05, 0.1) is 6.61 Å². The zero-order valence-electron chi connectivity index (χ0n) is 10.6. The summed E-state index contributed by atoms with van der Waals surface area (Å²) in [5.41, 5.74) is 1.34. The fourth-order valence-electron chi connectivity index (χ4n) is 2.96. The number of halogens is 1. The molecule has 0 spiro atoms. The van der Waals surface area contributed by atoms with Crippen LogP contribution >= 0.6 is 11.6 Å². The van der Waals surface area contributed by atoms with Crippen molar-refractivity contribution < 1.29 is 9.78 Å². The van der Waals surface area contributed by atoms with Crippen LogP contribution in [0.2, 0.25) is 0 Å². The first-order valence-electron chi connectivity index (χ1n) is 6.59. The van der Waals surface area contributed by atoms with Crippen LogP contribution < -0.4 is 0 Å². The van der Waals surface area contributed by atoms with Crippen LogP contribution in [-0.2, 0) is 9.78 Å². The molecule has 17 heavy (non-hydrogen) atoms. The van der Waals surface area contributed by atoms with E-state index < -0.39 is 0 Å². The van der Waals surface area contributed by atoms with E-state index in [-0.39, 0.29) is 0 Å². The van der Waals surface area contributed by atoms with Gasteiger partial charge in [0.25, 0.3) is 0 Å². The van der Waals surface area contributed by atoms with Crippen molar-refractivity contribution in [2.24, 2.45) is 17.8 Å². The maximum atomic E-state index is 6.27. The molecule has 3 atom stereocenters. The van der Waals surface area contributed by atoms with Crippen molar-refractivity contribution in [2.75, 3.05) is 13.2 Å². The first kappa shape index (κ1) is 13.1. The average Bonchev–Trinajstić information content (AvgIpc) is 2.84. The number of fused-ring (bicyclic) bond motifs is 1. The topological polar surface area (TPSA) is 18.5 Å². The lowest BCUT2D eigenvalue weighted by atomic mass is 10.1. The SMILES string of the molecule is CCC[C@@H]1[C@H]2CC(Cl)=C(/C=C/COOCC)[C@@H]12. The highest BCUT2D eigenvalue weighted by atomic mass is 35.5. The minimum atomic E-state index is 0.497. The van der Waals surface area contributed by atoms with Crippen LogP contribution in [0.3, 0.4) is 0 Å². The summed E-state index contributed by atoms with van der Waals surface area (Å²) in [4.78, 5) is 9.77. The first-order chi connectivity index (χ1) is 8.29. The number of rotatable bonds is 7. The standard InChI is InChI=1S/C14H21ClO2/c1-3-6-10-12-9-13(15)11(14(10)12)7-5-8-17-16-4-2/h5,7,10,12,14H,3-4,6,8-9H2,1-2H3/b7-5+/t10-,12-,14-/m1/s1. The Balaban J connectivity index is 1.82. The van der Waals surface area contributed by atoms with Crippen LogP contribution in [0, 0.1) is 17.8 Å². The molecule has 0 amide bonds. The summed E-state index contributed by atoms with van der Waals surface area (Å²) < 4.78 is 0. The second kappa shape index (κ2) is 6.03. The minimum Gasteiger partial charge on any atom is -0.237 e. The van der Waals surface area contributed by atoms with E-state index in [0.29, 0.717) is 13.2 Å². The first-order valence-corrected chi connectivity index (χ1v) is 6.96. The zero-order chi connectivity index (χ0) is 12.3. The van der Waals surface area contributed by atoms with E-state index in [1.165, 1.54) is 18.4 Å². The van der Waals surface area contributed by atoms with E-state index in [0.717, 1.165) is 29.2 Å². The van der Waals surface area contributed by atoms with E-state index in [1.54, 1.807) is 0 Å². The lowest BCUT2D eigenvalue weighted by Crippen LogP contribution is -1.94. The Bertz CT molecular complexity index is 322. The van der Waals surface area contributed by atoms with Gasteiger partial charge in [0.1, 0.15) is 6.61 Å². The lowest BCUT2D eigenvalue weighted by molar-refractivity contribution is -0.282. The van der Waals surface area contributed by atoms with Crippen molar-refractivity contribution in [1.29, 1.82) is 0 Å². The molecule has 0 aliphatic heterocycles. The van der Waals surface area contributed by atoms with Crippen molar-refractivity contribution in [1.82, 2.24) is 0 Å². The van der Waals surface area contributed by atoms with Crippen LogP contribution in [0.15, 0.2) is 22.8 Å². The van der Waals surface area contributed by atoms with Crippen molar-refractivity contribution >= 4 is 11.6 Å². The molecule has 2 rings (SSSR count). The fraction of sp³-hybridized carbons (Fsp3) is 0.714. The summed E-state index contributed by atoms with van der Waals surface area (Å²) in [6.07, 6.45) is 7.83. The van der Waals surface area contributed by atoms with Crippen LogP contribution in [0.25, 0.3) is 0 Å². The Hall–Kier alpha value is -0.310. The van der Waals surface area contributed by atoms with Gasteiger partial charge >= 0.3 is 0 Å². The maximum absolute atomic E-state index is 6.27. The second-order valence-electron chi connectivity index (χ2n) is 4.80. The van der Waals surface area contributed by atoms with Gasteiger partial charge in [-0.25, -0.2) is 9.78 Å². The molecule has 0 N–H and O–H groups in total. The van der Waals surface area contributed by atoms with Crippen molar-refractivity contribution in [2.45, 2.75) is 33.1 Å². The molecular weight excluding hydrogens is 236 g/mol. The van der Waals surface area contributed by atoms with Crippen LogP contribution in [0.5, 0.6) is 0 Å². The Morgan fingerprint density at radius 1 is 1.35 bits per heavy atom. The highest BCUT2D eigenvalue weighted by Crippen LogP contribution is 2.62. The molecule has 0 unspecified atom stereocenters. The third kappa shape index (κ3) is 2.93. The average molecular weight is 257 g/mol. The monoisotopic (exact) mass is 256 g/mol.